The van der Waals surface area contributed by atoms with E-state index in [-0.39, 0.29) is 33.0 Å². The molecule has 1 saturated heterocycles. The Labute approximate surface area is 75.2 Å². The Hall–Kier alpha value is 0.170. The third kappa shape index (κ3) is 4.99. The van der Waals surface area contributed by atoms with Gasteiger partial charge < -0.3 is 4.74 Å². The lowest BCUT2D eigenvalue weighted by Crippen LogP contribution is -2.00. The van der Waals surface area contributed by atoms with Gasteiger partial charge in [-0.2, -0.15) is 27.0 Å². The highest BCUT2D eigenvalue weighted by Gasteiger charge is 2.05. The lowest BCUT2D eigenvalue weighted by molar-refractivity contribution is -0.142. The predicted octanol–water partition coefficient (Wildman–Crippen LogP) is 1.33. The van der Waals surface area contributed by atoms with Gasteiger partial charge >= 0.3 is 5.97 Å². The lowest BCUT2D eigenvalue weighted by atomic mass is 10.2. The monoisotopic (exact) mass is 182 g/mol. The van der Waals surface area contributed by atoms with E-state index in [4.69, 9.17) is 4.74 Å². The van der Waals surface area contributed by atoms with Crippen LogP contribution in [-0.4, -0.2) is 12.6 Å². The van der Waals surface area contributed by atoms with Gasteiger partial charge in [-0.15, -0.1) is 0 Å². The van der Waals surface area contributed by atoms with Crippen molar-refractivity contribution in [1.82, 2.24) is 0 Å². The zero-order valence-corrected chi connectivity index (χ0v) is 7.85. The molecule has 1 rings (SSSR count). The summed E-state index contributed by atoms with van der Waals surface area (Å²) in [7, 11) is 0. The van der Waals surface area contributed by atoms with E-state index >= 15 is 0 Å². The Morgan fingerprint density at radius 3 is 2.50 bits per heavy atom. The van der Waals surface area contributed by atoms with Gasteiger partial charge in [0, 0.05) is 6.42 Å². The van der Waals surface area contributed by atoms with Crippen LogP contribution in [0.4, 0.5) is 0 Å². The van der Waals surface area contributed by atoms with Gasteiger partial charge in [0.05, 0.1) is 6.61 Å². The molecule has 4 heteroatoms. The molecule has 10 heavy (non-hydrogen) atoms. The van der Waals surface area contributed by atoms with Gasteiger partial charge in [0.1, 0.15) is 0 Å². The van der Waals surface area contributed by atoms with Crippen LogP contribution in [0.2, 0.25) is 0 Å². The molecule has 0 radical (unpaired) electrons. The molecule has 0 amide bonds. The van der Waals surface area contributed by atoms with Crippen molar-refractivity contribution < 1.29 is 9.53 Å². The van der Waals surface area contributed by atoms with Gasteiger partial charge in [-0.25, -0.2) is 0 Å². The Balaban J connectivity index is 0. The van der Waals surface area contributed by atoms with E-state index in [0.29, 0.717) is 13.0 Å². The molecule has 0 saturated carbocycles. The minimum absolute atomic E-state index is 0. The molecule has 0 N–H and O–H groups in total. The minimum Gasteiger partial charge on any atom is -0.466 e. The maximum atomic E-state index is 10.5. The molecule has 0 atom stereocenters. The molecule has 0 aliphatic carbocycles. The highest BCUT2D eigenvalue weighted by molar-refractivity contribution is 7.59. The molecule has 0 aromatic carbocycles. The van der Waals surface area contributed by atoms with Crippen LogP contribution in [0.1, 0.15) is 25.7 Å². The summed E-state index contributed by atoms with van der Waals surface area (Å²) in [5.41, 5.74) is 0. The van der Waals surface area contributed by atoms with Gasteiger partial charge in [0.15, 0.2) is 0 Å². The Kier molecular flexibility index (Phi) is 9.33. The second-order valence-electron chi connectivity index (χ2n) is 2.03. The van der Waals surface area contributed by atoms with Gasteiger partial charge in [-0.05, 0) is 19.3 Å². The molecule has 1 aliphatic rings. The van der Waals surface area contributed by atoms with Crippen LogP contribution in [0, 0.1) is 0 Å². The average molecular weight is 182 g/mol. The minimum atomic E-state index is -0.0255. The van der Waals surface area contributed by atoms with Crippen LogP contribution < -0.4 is 0 Å². The first-order chi connectivity index (χ1) is 3.89. The summed E-state index contributed by atoms with van der Waals surface area (Å²) < 4.78 is 4.76. The Bertz CT molecular complexity index is 85.7. The van der Waals surface area contributed by atoms with E-state index < -0.39 is 0 Å². The number of carbonyl (C=O) groups excluding carboxylic acids is 1. The fraction of sp³-hybridized carbons (Fsp3) is 0.833. The van der Waals surface area contributed by atoms with E-state index in [1.807, 2.05) is 0 Å². The highest BCUT2D eigenvalue weighted by Crippen LogP contribution is 2.06. The summed E-state index contributed by atoms with van der Waals surface area (Å²) in [6.45, 7) is 0.638. The Morgan fingerprint density at radius 1 is 1.10 bits per heavy atom. The van der Waals surface area contributed by atoms with Crippen LogP contribution in [0.25, 0.3) is 0 Å². The van der Waals surface area contributed by atoms with Crippen LogP contribution in [-0.2, 0) is 9.53 Å². The van der Waals surface area contributed by atoms with Crippen molar-refractivity contribution in [3.63, 3.8) is 0 Å². The van der Waals surface area contributed by atoms with E-state index in [1.165, 1.54) is 0 Å². The summed E-state index contributed by atoms with van der Waals surface area (Å²) in [6.07, 6.45) is 3.83. The van der Waals surface area contributed by atoms with E-state index in [0.717, 1.165) is 19.3 Å². The summed E-state index contributed by atoms with van der Waals surface area (Å²) in [5.74, 6) is -0.0255. The average Bonchev–Trinajstić information content (AvgIpc) is 1.94. The predicted molar refractivity (Wildman–Crippen MR) is 50.2 cm³/mol. The Morgan fingerprint density at radius 2 is 1.80 bits per heavy atom. The first-order valence-corrected chi connectivity index (χ1v) is 3.05. The van der Waals surface area contributed by atoms with E-state index in [2.05, 4.69) is 0 Å². The highest BCUT2D eigenvalue weighted by atomic mass is 32.1. The topological polar surface area (TPSA) is 26.3 Å². The van der Waals surface area contributed by atoms with Gasteiger partial charge in [-0.1, -0.05) is 0 Å². The molecular weight excluding hydrogens is 168 g/mol. The normalized spacial score (nSPS) is 17.4. The quantitative estimate of drug-likeness (QED) is 0.528. The van der Waals surface area contributed by atoms with E-state index in [1.54, 1.807) is 0 Å². The van der Waals surface area contributed by atoms with Crippen LogP contribution in [0.15, 0.2) is 0 Å². The third-order valence-corrected chi connectivity index (χ3v) is 1.29. The molecule has 1 aliphatic heterocycles. The van der Waals surface area contributed by atoms with Gasteiger partial charge in [-0.3, -0.25) is 4.79 Å². The molecule has 0 bridgehead atoms. The molecule has 0 unspecified atom stereocenters. The molecule has 0 spiro atoms. The molecule has 1 fully saturated rings. The summed E-state index contributed by atoms with van der Waals surface area (Å²) in [6, 6.07) is 0. The van der Waals surface area contributed by atoms with Crippen LogP contribution in [0.3, 0.4) is 0 Å². The standard InChI is InChI=1S/C6H10O2.2H2S/c7-6-4-2-1-3-5-8-6;;/h1-5H2;2*1H2. The lowest BCUT2D eigenvalue weighted by Gasteiger charge is -1.93. The van der Waals surface area contributed by atoms with Gasteiger partial charge in [0.25, 0.3) is 0 Å². The van der Waals surface area contributed by atoms with Crippen molar-refractivity contribution >= 4 is 33.0 Å². The smallest absolute Gasteiger partial charge is 0.305 e. The van der Waals surface area contributed by atoms with Crippen LogP contribution in [0.5, 0.6) is 0 Å². The number of hydrogen-bond acceptors (Lipinski definition) is 2. The summed E-state index contributed by atoms with van der Waals surface area (Å²) >= 11 is 0. The molecule has 2 nitrogen and oxygen atoms in total. The second-order valence-corrected chi connectivity index (χ2v) is 2.03. The number of cyclic esters (lactones) is 1. The largest absolute Gasteiger partial charge is 0.466 e. The van der Waals surface area contributed by atoms with Crippen LogP contribution >= 0.6 is 27.0 Å². The molecule has 62 valence electrons. The van der Waals surface area contributed by atoms with Gasteiger partial charge in [0.2, 0.25) is 0 Å². The van der Waals surface area contributed by atoms with Crippen molar-refractivity contribution in [2.45, 2.75) is 25.7 Å². The first kappa shape index (κ1) is 12.8. The van der Waals surface area contributed by atoms with Crippen molar-refractivity contribution in [3.8, 4) is 0 Å². The summed E-state index contributed by atoms with van der Waals surface area (Å²) in [4.78, 5) is 10.5. The first-order valence-electron chi connectivity index (χ1n) is 3.05. The zero-order valence-electron chi connectivity index (χ0n) is 5.85. The zero-order chi connectivity index (χ0) is 5.82. The SMILES string of the molecule is O=C1CCCCCO1.S.S. The molecule has 0 aromatic heterocycles. The van der Waals surface area contributed by atoms with Crippen molar-refractivity contribution in [3.05, 3.63) is 0 Å². The van der Waals surface area contributed by atoms with Crippen molar-refractivity contribution in [1.29, 1.82) is 0 Å². The third-order valence-electron chi connectivity index (χ3n) is 1.29. The molecule has 0 aromatic rings. The molecule has 1 heterocycles. The van der Waals surface area contributed by atoms with E-state index in [9.17, 15) is 4.79 Å². The number of hydrogen-bond donors (Lipinski definition) is 0. The van der Waals surface area contributed by atoms with Crippen molar-refractivity contribution in [2.24, 2.45) is 0 Å². The summed E-state index contributed by atoms with van der Waals surface area (Å²) in [5, 5.41) is 0. The number of carbonyl (C=O) groups is 1. The van der Waals surface area contributed by atoms with Crippen molar-refractivity contribution in [2.75, 3.05) is 6.61 Å². The number of ether oxygens (including phenoxy) is 1. The maximum Gasteiger partial charge on any atom is 0.305 e. The number of esters is 1. The fourth-order valence-electron chi connectivity index (χ4n) is 0.806. The fourth-order valence-corrected chi connectivity index (χ4v) is 0.806. The molecular formula is C6H14O2S2. The second kappa shape index (κ2) is 7.28. The maximum absolute atomic E-state index is 10.5. The number of rotatable bonds is 0.